The molecule has 1 aromatic carbocycles. The topological polar surface area (TPSA) is 77.0 Å². The third kappa shape index (κ3) is 3.89. The molecule has 0 fully saturated rings. The van der Waals surface area contributed by atoms with Gasteiger partial charge in [0.15, 0.2) is 0 Å². The fourth-order valence-corrected chi connectivity index (χ4v) is 1.98. The molecular weight excluding hydrogens is 311 g/mol. The molecule has 0 atom stereocenters. The molecule has 0 radical (unpaired) electrons. The third-order valence-corrected chi connectivity index (χ3v) is 3.10. The molecule has 2 heterocycles. The number of hydrogen-bond acceptors (Lipinski definition) is 5. The van der Waals surface area contributed by atoms with E-state index in [4.69, 9.17) is 4.74 Å². The summed E-state index contributed by atoms with van der Waals surface area (Å²) >= 11 is 0. The number of rotatable bonds is 5. The van der Waals surface area contributed by atoms with E-state index in [9.17, 15) is 9.18 Å². The van der Waals surface area contributed by atoms with Crippen LogP contribution in [-0.2, 0) is 6.54 Å². The lowest BCUT2D eigenvalue weighted by molar-refractivity contribution is 0.0945. The highest BCUT2D eigenvalue weighted by Crippen LogP contribution is 2.23. The molecule has 0 spiro atoms. The van der Waals surface area contributed by atoms with Gasteiger partial charge in [-0.25, -0.2) is 14.4 Å². The number of hydrogen-bond donors (Lipinski definition) is 1. The van der Waals surface area contributed by atoms with Crippen LogP contribution in [0.4, 0.5) is 4.39 Å². The Morgan fingerprint density at radius 3 is 2.83 bits per heavy atom. The van der Waals surface area contributed by atoms with Crippen molar-refractivity contribution >= 4 is 5.91 Å². The molecule has 0 aliphatic heterocycles. The molecule has 3 aromatic rings. The molecule has 0 aliphatic rings. The van der Waals surface area contributed by atoms with E-state index in [-0.39, 0.29) is 18.1 Å². The van der Waals surface area contributed by atoms with Crippen molar-refractivity contribution in [2.24, 2.45) is 0 Å². The molecular formula is C17H13FN4O2. The summed E-state index contributed by atoms with van der Waals surface area (Å²) in [7, 11) is 0. The SMILES string of the molecule is O=C(NCc1cccnc1Oc1cccc(F)c1)c1cnccn1. The highest BCUT2D eigenvalue weighted by atomic mass is 19.1. The van der Waals surface area contributed by atoms with Gasteiger partial charge >= 0.3 is 0 Å². The molecule has 1 amide bonds. The monoisotopic (exact) mass is 324 g/mol. The van der Waals surface area contributed by atoms with Gasteiger partial charge in [-0.2, -0.15) is 0 Å². The van der Waals surface area contributed by atoms with E-state index in [2.05, 4.69) is 20.3 Å². The number of halogens is 1. The minimum atomic E-state index is -0.402. The minimum absolute atomic E-state index is 0.188. The maximum Gasteiger partial charge on any atom is 0.271 e. The molecule has 0 saturated carbocycles. The van der Waals surface area contributed by atoms with Crippen LogP contribution < -0.4 is 10.1 Å². The highest BCUT2D eigenvalue weighted by molar-refractivity contribution is 5.91. The van der Waals surface area contributed by atoms with Gasteiger partial charge in [-0.05, 0) is 18.2 Å². The van der Waals surface area contributed by atoms with Gasteiger partial charge in [-0.15, -0.1) is 0 Å². The van der Waals surface area contributed by atoms with Gasteiger partial charge in [-0.1, -0.05) is 12.1 Å². The van der Waals surface area contributed by atoms with Gasteiger partial charge in [-0.3, -0.25) is 9.78 Å². The van der Waals surface area contributed by atoms with Crippen LogP contribution >= 0.6 is 0 Å². The van der Waals surface area contributed by atoms with Crippen LogP contribution in [0.3, 0.4) is 0 Å². The zero-order chi connectivity index (χ0) is 16.8. The van der Waals surface area contributed by atoms with Crippen molar-refractivity contribution < 1.29 is 13.9 Å². The van der Waals surface area contributed by atoms with E-state index < -0.39 is 5.82 Å². The van der Waals surface area contributed by atoms with Crippen molar-refractivity contribution in [2.45, 2.75) is 6.54 Å². The average Bonchev–Trinajstić information content (AvgIpc) is 2.61. The number of carbonyl (C=O) groups is 1. The molecule has 2 aromatic heterocycles. The van der Waals surface area contributed by atoms with E-state index >= 15 is 0 Å². The molecule has 24 heavy (non-hydrogen) atoms. The standard InChI is InChI=1S/C17H13FN4O2/c18-13-4-1-5-14(9-13)24-17-12(3-2-6-21-17)10-22-16(23)15-11-19-7-8-20-15/h1-9,11H,10H2,(H,22,23). The lowest BCUT2D eigenvalue weighted by Crippen LogP contribution is -2.24. The van der Waals surface area contributed by atoms with Crippen molar-refractivity contribution in [3.8, 4) is 11.6 Å². The maximum absolute atomic E-state index is 13.2. The molecule has 0 bridgehead atoms. The number of benzene rings is 1. The van der Waals surface area contributed by atoms with Gasteiger partial charge < -0.3 is 10.1 Å². The zero-order valence-electron chi connectivity index (χ0n) is 12.5. The first-order valence-electron chi connectivity index (χ1n) is 7.14. The summed E-state index contributed by atoms with van der Waals surface area (Å²) in [6.45, 7) is 0.188. The average molecular weight is 324 g/mol. The van der Waals surface area contributed by atoms with Crippen LogP contribution in [0, 0.1) is 5.82 Å². The van der Waals surface area contributed by atoms with Gasteiger partial charge in [0.2, 0.25) is 5.88 Å². The summed E-state index contributed by atoms with van der Waals surface area (Å²) in [6, 6.07) is 9.24. The van der Waals surface area contributed by atoms with E-state index in [0.29, 0.717) is 17.2 Å². The summed E-state index contributed by atoms with van der Waals surface area (Å²) in [6.07, 6.45) is 5.87. The van der Waals surface area contributed by atoms with Crippen molar-refractivity contribution in [3.05, 3.63) is 78.3 Å². The van der Waals surface area contributed by atoms with Crippen molar-refractivity contribution in [1.29, 1.82) is 0 Å². The van der Waals surface area contributed by atoms with Crippen LogP contribution in [0.2, 0.25) is 0 Å². The van der Waals surface area contributed by atoms with Crippen LogP contribution in [0.15, 0.2) is 61.2 Å². The molecule has 0 saturated heterocycles. The van der Waals surface area contributed by atoms with Crippen molar-refractivity contribution in [2.75, 3.05) is 0 Å². The Morgan fingerprint density at radius 1 is 1.12 bits per heavy atom. The summed E-state index contributed by atoms with van der Waals surface area (Å²) < 4.78 is 18.8. The Labute approximate surface area is 137 Å². The maximum atomic E-state index is 13.2. The van der Waals surface area contributed by atoms with Gasteiger partial charge in [0.1, 0.15) is 17.3 Å². The van der Waals surface area contributed by atoms with Crippen molar-refractivity contribution in [1.82, 2.24) is 20.3 Å². The molecule has 6 nitrogen and oxygen atoms in total. The van der Waals surface area contributed by atoms with Crippen LogP contribution in [0.25, 0.3) is 0 Å². The van der Waals surface area contributed by atoms with Gasteiger partial charge in [0.05, 0.1) is 6.20 Å². The van der Waals surface area contributed by atoms with Crippen LogP contribution in [0.5, 0.6) is 11.6 Å². The largest absolute Gasteiger partial charge is 0.439 e. The first kappa shape index (κ1) is 15.5. The van der Waals surface area contributed by atoms with E-state index in [1.54, 1.807) is 30.5 Å². The number of carbonyl (C=O) groups excluding carboxylic acids is 1. The fourth-order valence-electron chi connectivity index (χ4n) is 1.98. The fraction of sp³-hybridized carbons (Fsp3) is 0.0588. The molecule has 7 heteroatoms. The minimum Gasteiger partial charge on any atom is -0.439 e. The molecule has 3 rings (SSSR count). The molecule has 0 unspecified atom stereocenters. The Hall–Kier alpha value is -3.35. The van der Waals surface area contributed by atoms with Crippen molar-refractivity contribution in [3.63, 3.8) is 0 Å². The third-order valence-electron chi connectivity index (χ3n) is 3.10. The Bertz CT molecular complexity index is 843. The normalized spacial score (nSPS) is 10.2. The first-order chi connectivity index (χ1) is 11.7. The molecule has 0 aliphatic carbocycles. The van der Waals surface area contributed by atoms with Gasteiger partial charge in [0, 0.05) is 36.8 Å². The summed E-state index contributed by atoms with van der Waals surface area (Å²) in [4.78, 5) is 23.9. The second kappa shape index (κ2) is 7.28. The van der Waals surface area contributed by atoms with Crippen LogP contribution in [0.1, 0.15) is 16.1 Å². The summed E-state index contributed by atoms with van der Waals surface area (Å²) in [5.74, 6) is -0.137. The summed E-state index contributed by atoms with van der Waals surface area (Å²) in [5.41, 5.74) is 0.869. The Balaban J connectivity index is 1.71. The predicted octanol–water partition coefficient (Wildman–Crippen LogP) is 2.73. The Kier molecular flexibility index (Phi) is 4.71. The van der Waals surface area contributed by atoms with E-state index in [1.165, 1.54) is 30.7 Å². The quantitative estimate of drug-likeness (QED) is 0.781. The van der Waals surface area contributed by atoms with E-state index in [1.807, 2.05) is 0 Å². The molecule has 1 N–H and O–H groups in total. The lowest BCUT2D eigenvalue weighted by atomic mass is 10.2. The number of amides is 1. The van der Waals surface area contributed by atoms with E-state index in [0.717, 1.165) is 0 Å². The lowest BCUT2D eigenvalue weighted by Gasteiger charge is -2.10. The number of ether oxygens (including phenoxy) is 1. The van der Waals surface area contributed by atoms with Gasteiger partial charge in [0.25, 0.3) is 5.91 Å². The number of nitrogens with zero attached hydrogens (tertiary/aromatic N) is 3. The summed E-state index contributed by atoms with van der Waals surface area (Å²) in [5, 5.41) is 2.72. The zero-order valence-corrected chi connectivity index (χ0v) is 12.5. The predicted molar refractivity (Wildman–Crippen MR) is 83.9 cm³/mol. The smallest absolute Gasteiger partial charge is 0.271 e. The second-order valence-corrected chi connectivity index (χ2v) is 4.80. The Morgan fingerprint density at radius 2 is 2.04 bits per heavy atom. The highest BCUT2D eigenvalue weighted by Gasteiger charge is 2.10. The number of nitrogens with one attached hydrogen (secondary N) is 1. The molecule has 120 valence electrons. The number of pyridine rings is 1. The van der Waals surface area contributed by atoms with Crippen LogP contribution in [-0.4, -0.2) is 20.9 Å². The second-order valence-electron chi connectivity index (χ2n) is 4.80. The number of aromatic nitrogens is 3. The first-order valence-corrected chi connectivity index (χ1v) is 7.14.